The van der Waals surface area contributed by atoms with Gasteiger partial charge < -0.3 is 29.5 Å². The van der Waals surface area contributed by atoms with E-state index in [1.807, 2.05) is 65.0 Å². The molecule has 10 heteroatoms. The van der Waals surface area contributed by atoms with Gasteiger partial charge in [0.15, 0.2) is 23.4 Å². The second-order valence-corrected chi connectivity index (χ2v) is 12.6. The SMILES string of the molecule is CC(C)C1NC(=O)CCc2ccc3c(c2)C2(c4ccccc4NC2O3)c2oc1nc2-c1nc(C(=O)NC(C)(C)C)co1. The Kier molecular flexibility index (Phi) is 5.77. The predicted molar refractivity (Wildman–Crippen MR) is 154 cm³/mol. The molecule has 3 aliphatic heterocycles. The maximum Gasteiger partial charge on any atom is 0.273 e. The van der Waals surface area contributed by atoms with Crippen LogP contribution in [-0.2, 0) is 16.6 Å². The molecule has 216 valence electrons. The molecule has 0 saturated carbocycles. The van der Waals surface area contributed by atoms with E-state index in [4.69, 9.17) is 18.6 Å². The fourth-order valence-electron chi connectivity index (χ4n) is 6.17. The molecule has 2 aromatic heterocycles. The number of hydrogen-bond donors (Lipinski definition) is 3. The van der Waals surface area contributed by atoms with Gasteiger partial charge in [0, 0.05) is 23.2 Å². The summed E-state index contributed by atoms with van der Waals surface area (Å²) in [5.74, 6) is 1.20. The Balaban J connectivity index is 1.50. The number of aromatic nitrogens is 2. The molecule has 7 rings (SSSR count). The van der Waals surface area contributed by atoms with Crippen LogP contribution in [0.4, 0.5) is 5.69 Å². The third-order valence-electron chi connectivity index (χ3n) is 8.07. The van der Waals surface area contributed by atoms with E-state index in [1.54, 1.807) is 0 Å². The van der Waals surface area contributed by atoms with Crippen molar-refractivity contribution in [2.75, 3.05) is 5.32 Å². The molecule has 0 fully saturated rings. The van der Waals surface area contributed by atoms with Gasteiger partial charge in [-0.2, -0.15) is 0 Å². The second-order valence-electron chi connectivity index (χ2n) is 12.6. The van der Waals surface area contributed by atoms with Crippen LogP contribution in [0.5, 0.6) is 5.75 Å². The minimum Gasteiger partial charge on any atom is -0.469 e. The van der Waals surface area contributed by atoms with Gasteiger partial charge in [0.2, 0.25) is 17.7 Å². The van der Waals surface area contributed by atoms with Crippen molar-refractivity contribution >= 4 is 17.5 Å². The molecule has 3 N–H and O–H groups in total. The first-order chi connectivity index (χ1) is 20.0. The summed E-state index contributed by atoms with van der Waals surface area (Å²) in [5, 5.41) is 9.60. The molecule has 0 aliphatic carbocycles. The zero-order valence-electron chi connectivity index (χ0n) is 24.2. The maximum atomic E-state index is 13.1. The highest BCUT2D eigenvalue weighted by molar-refractivity contribution is 5.93. The van der Waals surface area contributed by atoms with Crippen LogP contribution in [0.3, 0.4) is 0 Å². The number of amides is 2. The molecule has 1 spiro atoms. The summed E-state index contributed by atoms with van der Waals surface area (Å²) in [4.78, 5) is 35.6. The molecule has 0 saturated heterocycles. The Hall–Kier alpha value is -4.60. The van der Waals surface area contributed by atoms with Crippen LogP contribution >= 0.6 is 0 Å². The third kappa shape index (κ3) is 4.00. The van der Waals surface area contributed by atoms with Gasteiger partial charge in [-0.15, -0.1) is 0 Å². The average molecular weight is 568 g/mol. The summed E-state index contributed by atoms with van der Waals surface area (Å²) in [6.45, 7) is 9.71. The van der Waals surface area contributed by atoms with Crippen LogP contribution in [0, 0.1) is 5.92 Å². The van der Waals surface area contributed by atoms with Gasteiger partial charge in [-0.3, -0.25) is 9.59 Å². The van der Waals surface area contributed by atoms with Gasteiger partial charge in [0.25, 0.3) is 5.91 Å². The van der Waals surface area contributed by atoms with Gasteiger partial charge in [-0.05, 0) is 56.4 Å². The Morgan fingerprint density at radius 2 is 1.88 bits per heavy atom. The lowest BCUT2D eigenvalue weighted by atomic mass is 9.72. The maximum absolute atomic E-state index is 13.1. The number of anilines is 1. The molecule has 5 heterocycles. The van der Waals surface area contributed by atoms with E-state index in [-0.39, 0.29) is 29.3 Å². The normalized spacial score (nSPS) is 22.3. The Labute approximate surface area is 243 Å². The molecule has 3 unspecified atom stereocenters. The highest BCUT2D eigenvalue weighted by Crippen LogP contribution is 2.59. The van der Waals surface area contributed by atoms with Crippen LogP contribution in [0.25, 0.3) is 11.6 Å². The zero-order valence-corrected chi connectivity index (χ0v) is 24.2. The summed E-state index contributed by atoms with van der Waals surface area (Å²) in [5.41, 5.74) is 2.90. The molecule has 42 heavy (non-hydrogen) atoms. The molecule has 2 aromatic carbocycles. The van der Waals surface area contributed by atoms with Crippen LogP contribution in [0.1, 0.15) is 85.9 Å². The molecule has 0 radical (unpaired) electrons. The van der Waals surface area contributed by atoms with Gasteiger partial charge in [0.05, 0.1) is 0 Å². The molecule has 3 aliphatic rings. The third-order valence-corrected chi connectivity index (χ3v) is 8.07. The summed E-state index contributed by atoms with van der Waals surface area (Å²) < 4.78 is 19.2. The van der Waals surface area contributed by atoms with Crippen LogP contribution in [0.15, 0.2) is 57.6 Å². The number of rotatable bonds is 3. The summed E-state index contributed by atoms with van der Waals surface area (Å²) in [6.07, 6.45) is 1.69. The number of aryl methyl sites for hydroxylation is 1. The van der Waals surface area contributed by atoms with Gasteiger partial charge in [-0.1, -0.05) is 44.2 Å². The zero-order chi connectivity index (χ0) is 29.4. The standard InChI is InChI=1S/C32H33N5O5/c1-16(2)24-29-36-25(28-33-21(15-40-28)27(39)37-31(3,4)5)26(42-29)32-18-8-6-7-9-20(18)34-30(32)41-22-12-10-17(14-19(22)32)11-13-23(38)35-24/h6-10,12,14-16,24,30,34H,11,13H2,1-5H3,(H,35,38)(H,37,39). The van der Waals surface area contributed by atoms with Crippen molar-refractivity contribution in [3.05, 3.63) is 82.8 Å². The second kappa shape index (κ2) is 9.20. The lowest BCUT2D eigenvalue weighted by Crippen LogP contribution is -2.40. The predicted octanol–water partition coefficient (Wildman–Crippen LogP) is 5.10. The summed E-state index contributed by atoms with van der Waals surface area (Å²) in [7, 11) is 0. The fourth-order valence-corrected chi connectivity index (χ4v) is 6.17. The number of carbonyl (C=O) groups excluding carboxylic acids is 2. The number of para-hydroxylation sites is 1. The average Bonchev–Trinajstić information content (AvgIpc) is 3.69. The Bertz CT molecular complexity index is 1730. The molecule has 10 nitrogen and oxygen atoms in total. The highest BCUT2D eigenvalue weighted by Gasteiger charge is 2.61. The first kappa shape index (κ1) is 26.3. The lowest BCUT2D eigenvalue weighted by Gasteiger charge is -2.27. The first-order valence-corrected chi connectivity index (χ1v) is 14.3. The van der Waals surface area contributed by atoms with Gasteiger partial charge >= 0.3 is 0 Å². The number of fused-ring (bicyclic) bond motifs is 4. The number of ether oxygens (including phenoxy) is 1. The molecular weight excluding hydrogens is 534 g/mol. The van der Waals surface area contributed by atoms with Crippen molar-refractivity contribution in [3.63, 3.8) is 0 Å². The van der Waals surface area contributed by atoms with Crippen LogP contribution < -0.4 is 20.7 Å². The minimum absolute atomic E-state index is 0.0237. The first-order valence-electron chi connectivity index (χ1n) is 14.3. The van der Waals surface area contributed by atoms with Crippen molar-refractivity contribution in [3.8, 4) is 17.3 Å². The van der Waals surface area contributed by atoms with E-state index in [2.05, 4.69) is 33.1 Å². The molecule has 4 aromatic rings. The number of nitrogens with zero attached hydrogens (tertiary/aromatic N) is 2. The van der Waals surface area contributed by atoms with E-state index >= 15 is 0 Å². The Morgan fingerprint density at radius 1 is 1.07 bits per heavy atom. The minimum atomic E-state index is -0.935. The van der Waals surface area contributed by atoms with E-state index in [9.17, 15) is 9.59 Å². The van der Waals surface area contributed by atoms with Crippen LogP contribution in [-0.4, -0.2) is 33.5 Å². The number of hydrogen-bond acceptors (Lipinski definition) is 8. The van der Waals surface area contributed by atoms with Crippen molar-refractivity contribution in [2.24, 2.45) is 5.92 Å². The summed E-state index contributed by atoms with van der Waals surface area (Å²) in [6, 6.07) is 13.6. The number of benzene rings is 2. The van der Waals surface area contributed by atoms with Crippen molar-refractivity contribution in [1.29, 1.82) is 0 Å². The molecule has 2 amide bonds. The fraction of sp³-hybridized carbons (Fsp3) is 0.375. The van der Waals surface area contributed by atoms with E-state index in [1.165, 1.54) is 6.26 Å². The molecule has 4 bridgehead atoms. The van der Waals surface area contributed by atoms with Crippen molar-refractivity contribution in [1.82, 2.24) is 20.6 Å². The highest BCUT2D eigenvalue weighted by atomic mass is 16.5. The number of carbonyl (C=O) groups is 2. The summed E-state index contributed by atoms with van der Waals surface area (Å²) >= 11 is 0. The quantitative estimate of drug-likeness (QED) is 0.312. The van der Waals surface area contributed by atoms with Crippen molar-refractivity contribution < 1.29 is 23.2 Å². The van der Waals surface area contributed by atoms with E-state index in [0.717, 1.165) is 22.4 Å². The molecular formula is C32H33N5O5. The monoisotopic (exact) mass is 567 g/mol. The molecule has 3 atom stereocenters. The smallest absolute Gasteiger partial charge is 0.273 e. The topological polar surface area (TPSA) is 132 Å². The van der Waals surface area contributed by atoms with Crippen LogP contribution in [0.2, 0.25) is 0 Å². The number of nitrogens with one attached hydrogen (secondary N) is 3. The lowest BCUT2D eigenvalue weighted by molar-refractivity contribution is -0.122. The van der Waals surface area contributed by atoms with Crippen molar-refractivity contribution in [2.45, 2.75) is 70.7 Å². The number of oxazole rings is 2. The Morgan fingerprint density at radius 3 is 2.67 bits per heavy atom. The largest absolute Gasteiger partial charge is 0.469 e. The van der Waals surface area contributed by atoms with E-state index < -0.39 is 23.2 Å². The van der Waals surface area contributed by atoms with Gasteiger partial charge in [-0.25, -0.2) is 9.97 Å². The van der Waals surface area contributed by atoms with E-state index in [0.29, 0.717) is 35.9 Å². The van der Waals surface area contributed by atoms with Gasteiger partial charge in [0.1, 0.15) is 23.5 Å².